The van der Waals surface area contributed by atoms with Crippen LogP contribution in [0.2, 0.25) is 0 Å². The Bertz CT molecular complexity index is 1110. The summed E-state index contributed by atoms with van der Waals surface area (Å²) >= 11 is 0. The van der Waals surface area contributed by atoms with E-state index in [1.54, 1.807) is 56.3 Å². The number of carbonyl (C=O) groups is 3. The van der Waals surface area contributed by atoms with Gasteiger partial charge in [0, 0.05) is 30.1 Å². The molecule has 2 aromatic rings. The van der Waals surface area contributed by atoms with Gasteiger partial charge in [-0.3, -0.25) is 9.59 Å². The summed E-state index contributed by atoms with van der Waals surface area (Å²) in [5, 5.41) is 2.94. The zero-order valence-corrected chi connectivity index (χ0v) is 21.3. The quantitative estimate of drug-likeness (QED) is 0.331. The number of benzene rings is 2. The van der Waals surface area contributed by atoms with Crippen LogP contribution in [-0.4, -0.2) is 35.8 Å². The molecule has 2 aromatic carbocycles. The number of esters is 1. The minimum atomic E-state index is -0.711. The Kier molecular flexibility index (Phi) is 9.79. The van der Waals surface area contributed by atoms with Gasteiger partial charge < -0.3 is 15.0 Å². The van der Waals surface area contributed by atoms with Crippen molar-refractivity contribution < 1.29 is 23.5 Å². The van der Waals surface area contributed by atoms with E-state index in [0.717, 1.165) is 31.2 Å². The SMILES string of the molecule is CCCCCCNC(=O)c1ccc(CN2C(=O)CC(c3ccccc3F)C(C(=O)OCC)=C2C)cc1. The van der Waals surface area contributed by atoms with E-state index in [0.29, 0.717) is 28.9 Å². The molecule has 0 aliphatic carbocycles. The lowest BCUT2D eigenvalue weighted by Gasteiger charge is -2.34. The molecule has 1 N–H and O–H groups in total. The Morgan fingerprint density at radius 1 is 1.06 bits per heavy atom. The summed E-state index contributed by atoms with van der Waals surface area (Å²) in [6, 6.07) is 13.3. The van der Waals surface area contributed by atoms with Crippen molar-refractivity contribution in [3.63, 3.8) is 0 Å². The van der Waals surface area contributed by atoms with Crippen molar-refractivity contribution in [3.05, 3.63) is 82.3 Å². The van der Waals surface area contributed by atoms with Crippen molar-refractivity contribution in [3.8, 4) is 0 Å². The second-order valence-corrected chi connectivity index (χ2v) is 8.99. The van der Waals surface area contributed by atoms with Gasteiger partial charge >= 0.3 is 5.97 Å². The van der Waals surface area contributed by atoms with Crippen LogP contribution in [-0.2, 0) is 20.9 Å². The molecule has 0 fully saturated rings. The van der Waals surface area contributed by atoms with Gasteiger partial charge in [-0.25, -0.2) is 9.18 Å². The number of hydrogen-bond acceptors (Lipinski definition) is 4. The summed E-state index contributed by atoms with van der Waals surface area (Å²) in [6.45, 7) is 6.60. The molecule has 1 aliphatic heterocycles. The summed E-state index contributed by atoms with van der Waals surface area (Å²) in [5.74, 6) is -2.05. The maximum absolute atomic E-state index is 14.6. The zero-order chi connectivity index (χ0) is 26.1. The molecular formula is C29H35FN2O4. The first-order valence-corrected chi connectivity index (χ1v) is 12.7. The number of amides is 2. The van der Waals surface area contributed by atoms with Crippen molar-refractivity contribution in [2.75, 3.05) is 13.2 Å². The van der Waals surface area contributed by atoms with Crippen LogP contribution in [0.25, 0.3) is 0 Å². The van der Waals surface area contributed by atoms with Gasteiger partial charge in [0.25, 0.3) is 5.91 Å². The molecule has 0 aromatic heterocycles. The van der Waals surface area contributed by atoms with Gasteiger partial charge in [-0.15, -0.1) is 0 Å². The lowest BCUT2D eigenvalue weighted by atomic mass is 9.83. The van der Waals surface area contributed by atoms with Gasteiger partial charge in [-0.05, 0) is 49.6 Å². The van der Waals surface area contributed by atoms with Gasteiger partial charge in [0.15, 0.2) is 0 Å². The standard InChI is InChI=1S/C29H35FN2O4/c1-4-6-7-10-17-31-28(34)22-15-13-21(14-16-22)19-32-20(3)27(29(35)36-5-2)24(18-26(32)33)23-11-8-9-12-25(23)30/h8-9,11-16,24H,4-7,10,17-19H2,1-3H3,(H,31,34). The van der Waals surface area contributed by atoms with Gasteiger partial charge in [-0.2, -0.15) is 0 Å². The van der Waals surface area contributed by atoms with Crippen LogP contribution in [0.4, 0.5) is 4.39 Å². The van der Waals surface area contributed by atoms with Crippen molar-refractivity contribution >= 4 is 17.8 Å². The minimum absolute atomic E-state index is 0.0368. The zero-order valence-electron chi connectivity index (χ0n) is 21.3. The largest absolute Gasteiger partial charge is 0.463 e. The maximum Gasteiger partial charge on any atom is 0.336 e. The summed E-state index contributed by atoms with van der Waals surface area (Å²) in [5.41, 5.74) is 2.42. The number of carbonyl (C=O) groups excluding carboxylic acids is 3. The first kappa shape index (κ1) is 27.1. The summed E-state index contributed by atoms with van der Waals surface area (Å²) < 4.78 is 19.9. The number of ether oxygens (including phenoxy) is 1. The van der Waals surface area contributed by atoms with Gasteiger partial charge in [0.05, 0.1) is 18.7 Å². The number of nitrogens with zero attached hydrogens (tertiary/aromatic N) is 1. The molecule has 0 bridgehead atoms. The first-order valence-electron chi connectivity index (χ1n) is 12.7. The van der Waals surface area contributed by atoms with Crippen LogP contribution in [0.5, 0.6) is 0 Å². The molecule has 1 unspecified atom stereocenters. The fourth-order valence-corrected chi connectivity index (χ4v) is 4.50. The summed E-state index contributed by atoms with van der Waals surface area (Å²) in [4.78, 5) is 40.0. The maximum atomic E-state index is 14.6. The number of nitrogens with one attached hydrogen (secondary N) is 1. The highest BCUT2D eigenvalue weighted by atomic mass is 19.1. The van der Waals surface area contributed by atoms with Gasteiger partial charge in [0.2, 0.25) is 5.91 Å². The van der Waals surface area contributed by atoms with Crippen LogP contribution in [0, 0.1) is 5.82 Å². The Labute approximate surface area is 212 Å². The molecule has 3 rings (SSSR count). The molecule has 2 amide bonds. The van der Waals surface area contributed by atoms with Crippen molar-refractivity contribution in [2.45, 2.75) is 65.3 Å². The second-order valence-electron chi connectivity index (χ2n) is 8.99. The number of rotatable bonds is 11. The number of unbranched alkanes of at least 4 members (excludes halogenated alkanes) is 3. The molecule has 192 valence electrons. The van der Waals surface area contributed by atoms with Crippen molar-refractivity contribution in [1.82, 2.24) is 10.2 Å². The molecule has 1 atom stereocenters. The van der Waals surface area contributed by atoms with Gasteiger partial charge in [-0.1, -0.05) is 56.5 Å². The topological polar surface area (TPSA) is 75.7 Å². The highest BCUT2D eigenvalue weighted by Gasteiger charge is 2.37. The molecule has 1 aliphatic rings. The third kappa shape index (κ3) is 6.59. The van der Waals surface area contributed by atoms with Crippen LogP contribution in [0.3, 0.4) is 0 Å². The lowest BCUT2D eigenvalue weighted by Crippen LogP contribution is -2.38. The first-order chi connectivity index (χ1) is 17.4. The molecule has 0 saturated heterocycles. The molecule has 0 spiro atoms. The van der Waals surface area contributed by atoms with E-state index >= 15 is 0 Å². The Balaban J connectivity index is 1.78. The summed E-state index contributed by atoms with van der Waals surface area (Å²) in [6.07, 6.45) is 4.32. The van der Waals surface area contributed by atoms with Crippen LogP contribution in [0.1, 0.15) is 80.3 Å². The summed E-state index contributed by atoms with van der Waals surface area (Å²) in [7, 11) is 0. The Morgan fingerprint density at radius 2 is 1.78 bits per heavy atom. The Morgan fingerprint density at radius 3 is 2.44 bits per heavy atom. The molecule has 6 nitrogen and oxygen atoms in total. The minimum Gasteiger partial charge on any atom is -0.463 e. The fraction of sp³-hybridized carbons (Fsp3) is 0.414. The van der Waals surface area contributed by atoms with E-state index in [2.05, 4.69) is 12.2 Å². The molecular weight excluding hydrogens is 459 g/mol. The third-order valence-corrected chi connectivity index (χ3v) is 6.47. The lowest BCUT2D eigenvalue weighted by molar-refractivity contribution is -0.140. The smallest absolute Gasteiger partial charge is 0.336 e. The average Bonchev–Trinajstić information content (AvgIpc) is 2.86. The normalized spacial score (nSPS) is 15.7. The van der Waals surface area contributed by atoms with Crippen LogP contribution >= 0.6 is 0 Å². The van der Waals surface area contributed by atoms with Gasteiger partial charge in [0.1, 0.15) is 5.82 Å². The Hall–Kier alpha value is -3.48. The van der Waals surface area contributed by atoms with E-state index in [1.807, 2.05) is 0 Å². The molecule has 36 heavy (non-hydrogen) atoms. The van der Waals surface area contributed by atoms with Crippen LogP contribution in [0.15, 0.2) is 59.8 Å². The highest BCUT2D eigenvalue weighted by Crippen LogP contribution is 2.38. The van der Waals surface area contributed by atoms with E-state index in [4.69, 9.17) is 4.74 Å². The third-order valence-electron chi connectivity index (χ3n) is 6.47. The van der Waals surface area contributed by atoms with Crippen LogP contribution < -0.4 is 5.32 Å². The van der Waals surface area contributed by atoms with Crippen molar-refractivity contribution in [2.24, 2.45) is 0 Å². The molecule has 0 radical (unpaired) electrons. The monoisotopic (exact) mass is 494 g/mol. The average molecular weight is 495 g/mol. The molecule has 1 heterocycles. The van der Waals surface area contributed by atoms with E-state index in [1.165, 1.54) is 11.0 Å². The fourth-order valence-electron chi connectivity index (χ4n) is 4.50. The predicted molar refractivity (Wildman–Crippen MR) is 137 cm³/mol. The second kappa shape index (κ2) is 13.0. The number of halogens is 1. The van der Waals surface area contributed by atoms with E-state index in [-0.39, 0.29) is 31.4 Å². The highest BCUT2D eigenvalue weighted by molar-refractivity contribution is 5.96. The van der Waals surface area contributed by atoms with E-state index < -0.39 is 17.7 Å². The predicted octanol–water partition coefficient (Wildman–Crippen LogP) is 5.49. The molecule has 7 heteroatoms. The van der Waals surface area contributed by atoms with E-state index in [9.17, 15) is 18.8 Å². The van der Waals surface area contributed by atoms with Crippen molar-refractivity contribution in [1.29, 1.82) is 0 Å². The molecule has 0 saturated carbocycles. The number of hydrogen-bond donors (Lipinski definition) is 1. The number of allylic oxidation sites excluding steroid dienone is 1.